The monoisotopic (exact) mass is 400 g/mol. The first-order chi connectivity index (χ1) is 10.0. The van der Waals surface area contributed by atoms with E-state index in [0.717, 1.165) is 0 Å². The van der Waals surface area contributed by atoms with E-state index in [1.54, 1.807) is 0 Å². The second kappa shape index (κ2) is 8.43. The molecule has 0 N–H and O–H groups in total. The Kier molecular flexibility index (Phi) is 8.18. The molecule has 2 rings (SSSR count). The summed E-state index contributed by atoms with van der Waals surface area (Å²) in [7, 11) is 0. The molecule has 0 saturated heterocycles. The van der Waals surface area contributed by atoms with E-state index in [1.165, 1.54) is 61.6 Å². The SMILES string of the molecule is C[C]1C(C)=C(C)C(C)=C1C.Cc1c(C)c(C)c(C)c(C)c1C.[Rh]. The fraction of sp³-hybridized carbons (Fsp3) is 0.500. The maximum absolute atomic E-state index is 2.21. The van der Waals surface area contributed by atoms with Gasteiger partial charge in [0.25, 0.3) is 0 Å². The smallest absolute Gasteiger partial charge is 0.0226 e. The van der Waals surface area contributed by atoms with E-state index in [9.17, 15) is 0 Å². The first kappa shape index (κ1) is 22.3. The zero-order chi connectivity index (χ0) is 17.4. The van der Waals surface area contributed by atoms with Crippen LogP contribution in [0.4, 0.5) is 0 Å². The van der Waals surface area contributed by atoms with Crippen LogP contribution < -0.4 is 0 Å². The van der Waals surface area contributed by atoms with Gasteiger partial charge in [-0.2, -0.15) is 0 Å². The second-order valence-electron chi connectivity index (χ2n) is 6.88. The molecule has 0 amide bonds. The zero-order valence-electron chi connectivity index (χ0n) is 16.8. The van der Waals surface area contributed by atoms with Gasteiger partial charge in [-0.15, -0.1) is 0 Å². The summed E-state index contributed by atoms with van der Waals surface area (Å²) in [5, 5.41) is 0. The van der Waals surface area contributed by atoms with Crippen LogP contribution >= 0.6 is 0 Å². The van der Waals surface area contributed by atoms with Crippen molar-refractivity contribution in [2.24, 2.45) is 0 Å². The van der Waals surface area contributed by atoms with Crippen LogP contribution in [0.15, 0.2) is 22.3 Å². The van der Waals surface area contributed by atoms with Crippen molar-refractivity contribution >= 4 is 0 Å². The van der Waals surface area contributed by atoms with Crippen LogP contribution in [-0.4, -0.2) is 0 Å². The number of rotatable bonds is 0. The van der Waals surface area contributed by atoms with E-state index >= 15 is 0 Å². The molecular formula is C22H33Rh. The molecule has 0 unspecified atom stereocenters. The van der Waals surface area contributed by atoms with Gasteiger partial charge in [0.05, 0.1) is 0 Å². The molecule has 0 heterocycles. The molecule has 2 radical (unpaired) electrons. The van der Waals surface area contributed by atoms with Crippen molar-refractivity contribution in [3.05, 3.63) is 61.6 Å². The molecule has 0 atom stereocenters. The second-order valence-corrected chi connectivity index (χ2v) is 6.88. The van der Waals surface area contributed by atoms with Gasteiger partial charge in [0.2, 0.25) is 0 Å². The molecule has 0 nitrogen and oxygen atoms in total. The Balaban J connectivity index is 0.000000409. The summed E-state index contributed by atoms with van der Waals surface area (Å²) < 4.78 is 0. The predicted molar refractivity (Wildman–Crippen MR) is 101 cm³/mol. The van der Waals surface area contributed by atoms with Gasteiger partial charge < -0.3 is 0 Å². The topological polar surface area (TPSA) is 0 Å². The maximum Gasteiger partial charge on any atom is 0.0226 e. The summed E-state index contributed by atoms with van der Waals surface area (Å²) >= 11 is 0. The minimum atomic E-state index is 0. The minimum Gasteiger partial charge on any atom is -0.0589 e. The normalized spacial score (nSPS) is 14.7. The van der Waals surface area contributed by atoms with Crippen molar-refractivity contribution in [2.45, 2.75) is 76.2 Å². The summed E-state index contributed by atoms with van der Waals surface area (Å²) in [6.07, 6.45) is 0. The van der Waals surface area contributed by atoms with Gasteiger partial charge in [-0.25, -0.2) is 0 Å². The van der Waals surface area contributed by atoms with E-state index in [0.29, 0.717) is 0 Å². The maximum atomic E-state index is 2.21. The Labute approximate surface area is 157 Å². The van der Waals surface area contributed by atoms with Gasteiger partial charge in [0.15, 0.2) is 0 Å². The third-order valence-electron chi connectivity index (χ3n) is 6.19. The third kappa shape index (κ3) is 4.24. The molecule has 1 aromatic carbocycles. The van der Waals surface area contributed by atoms with E-state index in [1.807, 2.05) is 0 Å². The van der Waals surface area contributed by atoms with Gasteiger partial charge >= 0.3 is 0 Å². The Morgan fingerprint density at radius 3 is 0.565 bits per heavy atom. The summed E-state index contributed by atoms with van der Waals surface area (Å²) in [6.45, 7) is 24.3. The molecule has 0 aromatic heterocycles. The fourth-order valence-corrected chi connectivity index (χ4v) is 3.09. The van der Waals surface area contributed by atoms with Crippen LogP contribution in [0.1, 0.15) is 68.0 Å². The van der Waals surface area contributed by atoms with Gasteiger partial charge in [-0.1, -0.05) is 18.1 Å². The van der Waals surface area contributed by atoms with Crippen molar-refractivity contribution < 1.29 is 19.5 Å². The van der Waals surface area contributed by atoms with Gasteiger partial charge in [-0.3, -0.25) is 0 Å². The van der Waals surface area contributed by atoms with Gasteiger partial charge in [-0.05, 0) is 114 Å². The molecule has 1 heteroatoms. The summed E-state index contributed by atoms with van der Waals surface area (Å²) in [5.74, 6) is 1.47. The van der Waals surface area contributed by atoms with Gasteiger partial charge in [0.1, 0.15) is 0 Å². The van der Waals surface area contributed by atoms with Crippen LogP contribution in [0.25, 0.3) is 0 Å². The molecule has 0 bridgehead atoms. The van der Waals surface area contributed by atoms with Crippen LogP contribution in [0.3, 0.4) is 0 Å². The Morgan fingerprint density at radius 1 is 0.304 bits per heavy atom. The van der Waals surface area contributed by atoms with Gasteiger partial charge in [0, 0.05) is 25.4 Å². The number of hydrogen-bond acceptors (Lipinski definition) is 0. The molecule has 130 valence electrons. The predicted octanol–water partition coefficient (Wildman–Crippen LogP) is 6.80. The Hall–Kier alpha value is -0.677. The van der Waals surface area contributed by atoms with Crippen molar-refractivity contribution in [1.82, 2.24) is 0 Å². The molecule has 1 aromatic rings. The third-order valence-corrected chi connectivity index (χ3v) is 6.19. The van der Waals surface area contributed by atoms with Crippen LogP contribution in [0.5, 0.6) is 0 Å². The van der Waals surface area contributed by atoms with Crippen molar-refractivity contribution in [3.8, 4) is 0 Å². The molecular weight excluding hydrogens is 367 g/mol. The first-order valence-electron chi connectivity index (χ1n) is 8.25. The van der Waals surface area contributed by atoms with Crippen LogP contribution in [-0.2, 0) is 19.5 Å². The molecule has 0 aliphatic heterocycles. The zero-order valence-corrected chi connectivity index (χ0v) is 18.5. The number of hydrogen-bond donors (Lipinski definition) is 0. The fourth-order valence-electron chi connectivity index (χ4n) is 3.09. The largest absolute Gasteiger partial charge is 0.0589 e. The van der Waals surface area contributed by atoms with E-state index < -0.39 is 0 Å². The number of allylic oxidation sites excluding steroid dienone is 4. The molecule has 23 heavy (non-hydrogen) atoms. The van der Waals surface area contributed by atoms with E-state index in [-0.39, 0.29) is 19.5 Å². The molecule has 0 spiro atoms. The van der Waals surface area contributed by atoms with Crippen molar-refractivity contribution in [3.63, 3.8) is 0 Å². The molecule has 0 saturated carbocycles. The van der Waals surface area contributed by atoms with Crippen molar-refractivity contribution in [1.29, 1.82) is 0 Å². The number of benzene rings is 1. The summed E-state index contributed by atoms with van der Waals surface area (Å²) in [6, 6.07) is 0. The van der Waals surface area contributed by atoms with E-state index in [4.69, 9.17) is 0 Å². The average molecular weight is 400 g/mol. The Bertz CT molecular complexity index is 528. The van der Waals surface area contributed by atoms with E-state index in [2.05, 4.69) is 76.2 Å². The summed E-state index contributed by atoms with van der Waals surface area (Å²) in [5.41, 5.74) is 14.6. The van der Waals surface area contributed by atoms with Crippen LogP contribution in [0, 0.1) is 47.5 Å². The molecule has 1 aliphatic rings. The quantitative estimate of drug-likeness (QED) is 0.420. The minimum absolute atomic E-state index is 0. The summed E-state index contributed by atoms with van der Waals surface area (Å²) in [4.78, 5) is 0. The van der Waals surface area contributed by atoms with Crippen LogP contribution in [0.2, 0.25) is 0 Å². The molecule has 0 fully saturated rings. The van der Waals surface area contributed by atoms with Crippen molar-refractivity contribution in [2.75, 3.05) is 0 Å². The molecule has 1 aliphatic carbocycles. The first-order valence-corrected chi connectivity index (χ1v) is 8.25. The average Bonchev–Trinajstić information content (AvgIpc) is 2.67. The Morgan fingerprint density at radius 2 is 0.478 bits per heavy atom. The standard InChI is InChI=1S/C12H18.C10H15.Rh/c1-7-8(2)10(4)12(6)11(5)9(7)3;1-6-7(2)9(4)10(5)8(6)3;/h1-6H3;1-5H3;.